The highest BCUT2D eigenvalue weighted by atomic mass is 19.4. The van der Waals surface area contributed by atoms with Gasteiger partial charge in [-0.3, -0.25) is 4.79 Å². The number of hydrogen-bond donors (Lipinski definition) is 0. The summed E-state index contributed by atoms with van der Waals surface area (Å²) in [4.78, 5) is 15.1. The van der Waals surface area contributed by atoms with E-state index in [-0.39, 0.29) is 22.6 Å². The molecule has 128 valence electrons. The molecule has 0 saturated carbocycles. The number of nitrogens with zero attached hydrogens (tertiary/aromatic N) is 1. The molecule has 0 fully saturated rings. The van der Waals surface area contributed by atoms with Crippen molar-refractivity contribution in [3.63, 3.8) is 0 Å². The molecule has 3 nitrogen and oxygen atoms in total. The van der Waals surface area contributed by atoms with Crippen molar-refractivity contribution in [1.29, 1.82) is 0 Å². The van der Waals surface area contributed by atoms with Crippen LogP contribution >= 0.6 is 0 Å². The van der Waals surface area contributed by atoms with Crippen molar-refractivity contribution in [2.75, 3.05) is 6.61 Å². The molecule has 0 spiro atoms. The number of aldehydes is 1. The number of halogens is 4. The lowest BCUT2D eigenvalue weighted by molar-refractivity contribution is -0.137. The van der Waals surface area contributed by atoms with Crippen molar-refractivity contribution in [1.82, 2.24) is 4.98 Å². The van der Waals surface area contributed by atoms with Crippen LogP contribution in [-0.2, 0) is 6.18 Å². The van der Waals surface area contributed by atoms with Crippen molar-refractivity contribution >= 4 is 6.29 Å². The molecule has 0 aliphatic rings. The van der Waals surface area contributed by atoms with Crippen LogP contribution in [0, 0.1) is 5.82 Å². The van der Waals surface area contributed by atoms with Crippen molar-refractivity contribution in [3.05, 3.63) is 47.4 Å². The molecule has 0 aliphatic heterocycles. The van der Waals surface area contributed by atoms with E-state index in [1.807, 2.05) is 6.92 Å². The zero-order chi connectivity index (χ0) is 17.7. The molecule has 1 aromatic heterocycles. The summed E-state index contributed by atoms with van der Waals surface area (Å²) < 4.78 is 57.6. The molecule has 0 bridgehead atoms. The normalized spacial score (nSPS) is 11.4. The molecule has 0 saturated heterocycles. The number of rotatable bonds is 6. The van der Waals surface area contributed by atoms with Crippen LogP contribution in [0.2, 0.25) is 0 Å². The number of carbonyl (C=O) groups excluding carboxylic acids is 1. The third kappa shape index (κ3) is 4.10. The minimum Gasteiger partial charge on any atom is -0.477 e. The van der Waals surface area contributed by atoms with Crippen LogP contribution < -0.4 is 4.74 Å². The maximum absolute atomic E-state index is 13.9. The van der Waals surface area contributed by atoms with Gasteiger partial charge in [-0.15, -0.1) is 0 Å². The number of hydrogen-bond acceptors (Lipinski definition) is 3. The van der Waals surface area contributed by atoms with E-state index in [0.29, 0.717) is 25.0 Å². The molecule has 0 amide bonds. The Kier molecular flexibility index (Phi) is 5.54. The fraction of sp³-hybridized carbons (Fsp3) is 0.294. The van der Waals surface area contributed by atoms with E-state index >= 15 is 0 Å². The Labute approximate surface area is 136 Å². The third-order valence-corrected chi connectivity index (χ3v) is 3.35. The molecule has 0 aliphatic carbocycles. The summed E-state index contributed by atoms with van der Waals surface area (Å²) in [5.74, 6) is -0.754. The Morgan fingerprint density at radius 2 is 2.00 bits per heavy atom. The number of carbonyl (C=O) groups is 1. The quantitative estimate of drug-likeness (QED) is 0.426. The minimum absolute atomic E-state index is 0.0559. The Balaban J connectivity index is 2.40. The fourth-order valence-corrected chi connectivity index (χ4v) is 2.06. The van der Waals surface area contributed by atoms with Crippen LogP contribution in [0.4, 0.5) is 17.6 Å². The highest BCUT2D eigenvalue weighted by Crippen LogP contribution is 2.34. The summed E-state index contributed by atoms with van der Waals surface area (Å²) in [5.41, 5.74) is -1.13. The highest BCUT2D eigenvalue weighted by molar-refractivity contribution is 5.81. The third-order valence-electron chi connectivity index (χ3n) is 3.35. The van der Waals surface area contributed by atoms with E-state index in [4.69, 9.17) is 4.74 Å². The molecular formula is C17H15F4NO2. The average Bonchev–Trinajstić information content (AvgIpc) is 2.54. The summed E-state index contributed by atoms with van der Waals surface area (Å²) in [6.45, 7) is 2.33. The zero-order valence-electron chi connectivity index (χ0n) is 12.9. The lowest BCUT2D eigenvalue weighted by atomic mass is 10.0. The molecule has 0 radical (unpaired) electrons. The Morgan fingerprint density at radius 3 is 2.62 bits per heavy atom. The first-order chi connectivity index (χ1) is 11.4. The SMILES string of the molecule is CCCCOc1ncc(-c2cc(C(F)(F)F)ccc2F)cc1C=O. The van der Waals surface area contributed by atoms with Crippen LogP contribution in [0.15, 0.2) is 30.5 Å². The van der Waals surface area contributed by atoms with Crippen molar-refractivity contribution in [3.8, 4) is 17.0 Å². The van der Waals surface area contributed by atoms with Crippen LogP contribution in [0.25, 0.3) is 11.1 Å². The Morgan fingerprint density at radius 1 is 1.25 bits per heavy atom. The molecule has 1 heterocycles. The fourth-order valence-electron chi connectivity index (χ4n) is 2.06. The lowest BCUT2D eigenvalue weighted by Crippen LogP contribution is -2.06. The predicted molar refractivity (Wildman–Crippen MR) is 80.4 cm³/mol. The predicted octanol–water partition coefficient (Wildman–Crippen LogP) is 4.90. The molecular weight excluding hydrogens is 326 g/mol. The Hall–Kier alpha value is -2.44. The molecule has 0 atom stereocenters. The first-order valence-corrected chi connectivity index (χ1v) is 7.32. The average molecular weight is 341 g/mol. The maximum atomic E-state index is 13.9. The first kappa shape index (κ1) is 17.9. The monoisotopic (exact) mass is 341 g/mol. The summed E-state index contributed by atoms with van der Waals surface area (Å²) in [7, 11) is 0. The Bertz CT molecular complexity index is 729. The van der Waals surface area contributed by atoms with E-state index in [2.05, 4.69) is 4.98 Å². The lowest BCUT2D eigenvalue weighted by Gasteiger charge is -2.11. The van der Waals surface area contributed by atoms with Gasteiger partial charge in [-0.2, -0.15) is 13.2 Å². The summed E-state index contributed by atoms with van der Waals surface area (Å²) in [5, 5.41) is 0. The summed E-state index contributed by atoms with van der Waals surface area (Å²) in [6.07, 6.45) is -1.27. The van der Waals surface area contributed by atoms with Gasteiger partial charge in [0.15, 0.2) is 6.29 Å². The highest BCUT2D eigenvalue weighted by Gasteiger charge is 2.31. The van der Waals surface area contributed by atoms with Gasteiger partial charge in [0.1, 0.15) is 5.82 Å². The van der Waals surface area contributed by atoms with E-state index in [9.17, 15) is 22.4 Å². The standard InChI is InChI=1S/C17H15F4NO2/c1-2-3-6-24-16-12(10-23)7-11(9-22-16)14-8-13(17(19,20)21)4-5-15(14)18/h4-5,7-10H,2-3,6H2,1H3. The van der Waals surface area contributed by atoms with Crippen LogP contribution in [0.3, 0.4) is 0 Å². The molecule has 1 aromatic carbocycles. The molecule has 2 rings (SSSR count). The van der Waals surface area contributed by atoms with E-state index in [1.54, 1.807) is 0 Å². The molecule has 0 unspecified atom stereocenters. The van der Waals surface area contributed by atoms with Gasteiger partial charge in [0.2, 0.25) is 5.88 Å². The van der Waals surface area contributed by atoms with E-state index in [1.165, 1.54) is 12.3 Å². The zero-order valence-corrected chi connectivity index (χ0v) is 12.9. The van der Waals surface area contributed by atoms with Crippen LogP contribution in [-0.4, -0.2) is 17.9 Å². The minimum atomic E-state index is -4.59. The summed E-state index contributed by atoms with van der Waals surface area (Å²) in [6, 6.07) is 3.36. The van der Waals surface area contributed by atoms with Gasteiger partial charge in [-0.1, -0.05) is 13.3 Å². The number of unbranched alkanes of at least 4 members (excludes halogenated alkanes) is 1. The summed E-state index contributed by atoms with van der Waals surface area (Å²) >= 11 is 0. The van der Waals surface area contributed by atoms with Crippen molar-refractivity contribution in [2.24, 2.45) is 0 Å². The van der Waals surface area contributed by atoms with Gasteiger partial charge < -0.3 is 4.74 Å². The van der Waals surface area contributed by atoms with Crippen LogP contribution in [0.1, 0.15) is 35.7 Å². The number of ether oxygens (including phenoxy) is 1. The largest absolute Gasteiger partial charge is 0.477 e. The smallest absolute Gasteiger partial charge is 0.416 e. The van der Waals surface area contributed by atoms with Crippen LogP contribution in [0.5, 0.6) is 5.88 Å². The van der Waals surface area contributed by atoms with Gasteiger partial charge in [0.25, 0.3) is 0 Å². The molecule has 2 aromatic rings. The number of pyridine rings is 1. The van der Waals surface area contributed by atoms with E-state index in [0.717, 1.165) is 18.9 Å². The van der Waals surface area contributed by atoms with Gasteiger partial charge in [0, 0.05) is 17.3 Å². The van der Waals surface area contributed by atoms with Gasteiger partial charge in [0.05, 0.1) is 17.7 Å². The second-order valence-electron chi connectivity index (χ2n) is 5.13. The molecule has 7 heteroatoms. The second kappa shape index (κ2) is 7.42. The molecule has 24 heavy (non-hydrogen) atoms. The topological polar surface area (TPSA) is 39.2 Å². The second-order valence-corrected chi connectivity index (χ2v) is 5.13. The maximum Gasteiger partial charge on any atom is 0.416 e. The molecule has 0 N–H and O–H groups in total. The van der Waals surface area contributed by atoms with Gasteiger partial charge >= 0.3 is 6.18 Å². The number of alkyl halides is 3. The van der Waals surface area contributed by atoms with Gasteiger partial charge in [-0.25, -0.2) is 9.37 Å². The number of benzene rings is 1. The van der Waals surface area contributed by atoms with E-state index < -0.39 is 17.6 Å². The van der Waals surface area contributed by atoms with Crippen molar-refractivity contribution < 1.29 is 27.1 Å². The van der Waals surface area contributed by atoms with Gasteiger partial charge in [-0.05, 0) is 30.7 Å². The number of aromatic nitrogens is 1. The van der Waals surface area contributed by atoms with Crippen molar-refractivity contribution in [2.45, 2.75) is 25.9 Å². The first-order valence-electron chi connectivity index (χ1n) is 7.32.